The number of aromatic nitrogens is 1. The van der Waals surface area contributed by atoms with Gasteiger partial charge in [0, 0.05) is 30.9 Å². The lowest BCUT2D eigenvalue weighted by Crippen LogP contribution is -2.46. The Hall–Kier alpha value is -1.47. The van der Waals surface area contributed by atoms with Gasteiger partial charge in [0.2, 0.25) is 5.91 Å². The number of amides is 2. The molecule has 138 valence electrons. The van der Waals surface area contributed by atoms with Crippen LogP contribution in [0, 0.1) is 5.92 Å². The van der Waals surface area contributed by atoms with E-state index < -0.39 is 0 Å². The van der Waals surface area contributed by atoms with Crippen LogP contribution >= 0.6 is 11.3 Å². The summed E-state index contributed by atoms with van der Waals surface area (Å²) >= 11 is 1.32. The van der Waals surface area contributed by atoms with Gasteiger partial charge in [0.15, 0.2) is 5.13 Å². The molecule has 3 rings (SSSR count). The van der Waals surface area contributed by atoms with Crippen molar-refractivity contribution in [3.63, 3.8) is 0 Å². The van der Waals surface area contributed by atoms with E-state index in [4.69, 9.17) is 0 Å². The van der Waals surface area contributed by atoms with Crippen LogP contribution in [-0.4, -0.2) is 58.8 Å². The van der Waals surface area contributed by atoms with Crippen molar-refractivity contribution in [1.29, 1.82) is 0 Å². The van der Waals surface area contributed by atoms with Crippen molar-refractivity contribution in [2.45, 2.75) is 52.0 Å². The Kier molecular flexibility index (Phi) is 6.06. The molecule has 0 spiro atoms. The molecule has 1 N–H and O–H groups in total. The van der Waals surface area contributed by atoms with Crippen LogP contribution in [0.1, 0.15) is 56.4 Å². The molecule has 2 fully saturated rings. The van der Waals surface area contributed by atoms with Crippen LogP contribution in [-0.2, 0) is 4.79 Å². The zero-order chi connectivity index (χ0) is 17.8. The third kappa shape index (κ3) is 4.79. The monoisotopic (exact) mass is 364 g/mol. The fourth-order valence-corrected chi connectivity index (χ4v) is 4.37. The molecule has 0 unspecified atom stereocenters. The van der Waals surface area contributed by atoms with E-state index in [-0.39, 0.29) is 11.8 Å². The summed E-state index contributed by atoms with van der Waals surface area (Å²) in [6.45, 7) is 8.03. The number of likely N-dealkylation sites (tertiary alicyclic amines) is 2. The quantitative estimate of drug-likeness (QED) is 0.872. The predicted octanol–water partition coefficient (Wildman–Crippen LogP) is 2.83. The highest BCUT2D eigenvalue weighted by Crippen LogP contribution is 2.23. The number of rotatable bonds is 5. The average Bonchev–Trinajstić information content (AvgIpc) is 3.25. The maximum absolute atomic E-state index is 12.6. The number of nitrogens with zero attached hydrogens (tertiary/aromatic N) is 3. The van der Waals surface area contributed by atoms with Crippen LogP contribution in [0.5, 0.6) is 0 Å². The summed E-state index contributed by atoms with van der Waals surface area (Å²) in [5, 5.41) is 5.05. The number of thiazole rings is 1. The van der Waals surface area contributed by atoms with E-state index in [1.165, 1.54) is 37.3 Å². The first-order valence-electron chi connectivity index (χ1n) is 9.31. The van der Waals surface area contributed by atoms with E-state index in [0.29, 0.717) is 29.2 Å². The Morgan fingerprint density at radius 1 is 1.24 bits per heavy atom. The molecular formula is C18H28N4O2S. The first-order chi connectivity index (χ1) is 12.0. The Morgan fingerprint density at radius 2 is 1.92 bits per heavy atom. The van der Waals surface area contributed by atoms with E-state index in [1.807, 2.05) is 18.7 Å². The third-order valence-electron chi connectivity index (χ3n) is 4.97. The van der Waals surface area contributed by atoms with Crippen LogP contribution in [0.15, 0.2) is 5.38 Å². The molecule has 0 radical (unpaired) electrons. The summed E-state index contributed by atoms with van der Waals surface area (Å²) in [5.74, 6) is 0.244. The van der Waals surface area contributed by atoms with Gasteiger partial charge in [-0.15, -0.1) is 11.3 Å². The van der Waals surface area contributed by atoms with Gasteiger partial charge in [-0.2, -0.15) is 0 Å². The molecule has 1 aromatic rings. The van der Waals surface area contributed by atoms with E-state index in [9.17, 15) is 9.59 Å². The summed E-state index contributed by atoms with van der Waals surface area (Å²) in [6, 6.07) is 0.632. The molecule has 0 aliphatic carbocycles. The topological polar surface area (TPSA) is 65.5 Å². The molecule has 1 aromatic heterocycles. The minimum absolute atomic E-state index is 0.0134. The second kappa shape index (κ2) is 8.27. The lowest BCUT2D eigenvalue weighted by molar-refractivity contribution is -0.116. The first-order valence-corrected chi connectivity index (χ1v) is 10.2. The van der Waals surface area contributed by atoms with E-state index in [1.54, 1.807) is 5.38 Å². The molecular weight excluding hydrogens is 336 g/mol. The van der Waals surface area contributed by atoms with Gasteiger partial charge in [-0.25, -0.2) is 4.98 Å². The number of anilines is 1. The van der Waals surface area contributed by atoms with Crippen molar-refractivity contribution in [2.24, 2.45) is 5.92 Å². The molecule has 0 bridgehead atoms. The van der Waals surface area contributed by atoms with Gasteiger partial charge < -0.3 is 15.1 Å². The van der Waals surface area contributed by atoms with Crippen molar-refractivity contribution >= 4 is 28.3 Å². The number of carbonyl (C=O) groups is 2. The fourth-order valence-electron chi connectivity index (χ4n) is 3.67. The van der Waals surface area contributed by atoms with Crippen molar-refractivity contribution in [1.82, 2.24) is 14.8 Å². The third-order valence-corrected chi connectivity index (χ3v) is 5.73. The Labute approximate surface area is 153 Å². The Balaban J connectivity index is 1.51. The number of hydrogen-bond donors (Lipinski definition) is 1. The number of nitrogens with one attached hydrogen (secondary N) is 1. The molecule has 0 aromatic carbocycles. The van der Waals surface area contributed by atoms with Gasteiger partial charge in [-0.1, -0.05) is 13.8 Å². The average molecular weight is 365 g/mol. The van der Waals surface area contributed by atoms with E-state index >= 15 is 0 Å². The molecule has 0 saturated carbocycles. The molecule has 0 atom stereocenters. The van der Waals surface area contributed by atoms with E-state index in [2.05, 4.69) is 15.2 Å². The van der Waals surface area contributed by atoms with Gasteiger partial charge in [0.25, 0.3) is 5.91 Å². The maximum Gasteiger partial charge on any atom is 0.273 e. The first kappa shape index (κ1) is 18.3. The van der Waals surface area contributed by atoms with Crippen molar-refractivity contribution < 1.29 is 9.59 Å². The number of piperidine rings is 1. The molecule has 6 nitrogen and oxygen atoms in total. The predicted molar refractivity (Wildman–Crippen MR) is 99.9 cm³/mol. The molecule has 2 aliphatic heterocycles. The molecule has 25 heavy (non-hydrogen) atoms. The molecule has 2 aliphatic rings. The highest BCUT2D eigenvalue weighted by atomic mass is 32.1. The van der Waals surface area contributed by atoms with Crippen LogP contribution in [0.4, 0.5) is 5.13 Å². The second-order valence-electron chi connectivity index (χ2n) is 7.45. The maximum atomic E-state index is 12.6. The Morgan fingerprint density at radius 3 is 2.56 bits per heavy atom. The standard InChI is InChI=1S/C18H28N4O2S/c1-13(2)11-16(23)20-18-19-15(12-25-18)17(24)22-9-5-14(6-10-22)21-7-3-4-8-21/h12-14H,3-11H2,1-2H3,(H,19,20,23). The van der Waals surface area contributed by atoms with Gasteiger partial charge in [-0.3, -0.25) is 9.59 Å². The van der Waals surface area contributed by atoms with E-state index in [0.717, 1.165) is 25.9 Å². The Bertz CT molecular complexity index is 602. The van der Waals surface area contributed by atoms with Gasteiger partial charge in [0.1, 0.15) is 5.69 Å². The smallest absolute Gasteiger partial charge is 0.273 e. The molecule has 3 heterocycles. The summed E-state index contributed by atoms with van der Waals surface area (Å²) in [6.07, 6.45) is 5.18. The fraction of sp³-hybridized carbons (Fsp3) is 0.722. The van der Waals surface area contributed by atoms with Crippen molar-refractivity contribution in [3.05, 3.63) is 11.1 Å². The van der Waals surface area contributed by atoms with Crippen LogP contribution < -0.4 is 5.32 Å². The largest absolute Gasteiger partial charge is 0.337 e. The minimum atomic E-state index is -0.0465. The summed E-state index contributed by atoms with van der Waals surface area (Å²) in [4.78, 5) is 33.3. The van der Waals surface area contributed by atoms with Crippen LogP contribution in [0.25, 0.3) is 0 Å². The van der Waals surface area contributed by atoms with Gasteiger partial charge >= 0.3 is 0 Å². The molecule has 7 heteroatoms. The summed E-state index contributed by atoms with van der Waals surface area (Å²) in [5.41, 5.74) is 0.449. The lowest BCUT2D eigenvalue weighted by atomic mass is 10.0. The SMILES string of the molecule is CC(C)CC(=O)Nc1nc(C(=O)N2CCC(N3CCCC3)CC2)cs1. The van der Waals surface area contributed by atoms with Crippen molar-refractivity contribution in [3.8, 4) is 0 Å². The minimum Gasteiger partial charge on any atom is -0.337 e. The summed E-state index contributed by atoms with van der Waals surface area (Å²) in [7, 11) is 0. The normalized spacial score (nSPS) is 19.6. The van der Waals surface area contributed by atoms with Crippen molar-refractivity contribution in [2.75, 3.05) is 31.5 Å². The second-order valence-corrected chi connectivity index (χ2v) is 8.31. The molecule has 2 amide bonds. The highest BCUT2D eigenvalue weighted by molar-refractivity contribution is 7.14. The lowest BCUT2D eigenvalue weighted by Gasteiger charge is -2.36. The van der Waals surface area contributed by atoms with Crippen LogP contribution in [0.3, 0.4) is 0 Å². The highest BCUT2D eigenvalue weighted by Gasteiger charge is 2.29. The summed E-state index contributed by atoms with van der Waals surface area (Å²) < 4.78 is 0. The number of hydrogen-bond acceptors (Lipinski definition) is 5. The van der Waals surface area contributed by atoms with Gasteiger partial charge in [0.05, 0.1) is 0 Å². The zero-order valence-corrected chi connectivity index (χ0v) is 16.0. The van der Waals surface area contributed by atoms with Gasteiger partial charge in [-0.05, 0) is 44.7 Å². The number of carbonyl (C=O) groups excluding carboxylic acids is 2. The zero-order valence-electron chi connectivity index (χ0n) is 15.2. The van der Waals surface area contributed by atoms with Crippen LogP contribution in [0.2, 0.25) is 0 Å². The molecule has 2 saturated heterocycles.